The Balaban J connectivity index is 2.10. The number of hydrogen-bond acceptors (Lipinski definition) is 2. The third kappa shape index (κ3) is 4.36. The fourth-order valence-electron chi connectivity index (χ4n) is 1.88. The number of rotatable bonds is 4. The largest absolute Gasteiger partial charge is 0.495 e. The zero-order valence-corrected chi connectivity index (χ0v) is 12.6. The fourth-order valence-corrected chi connectivity index (χ4v) is 2.07. The van der Waals surface area contributed by atoms with Crippen molar-refractivity contribution in [2.24, 2.45) is 0 Å². The molecule has 0 bridgehead atoms. The molecular formula is C17H16ClNO2. The van der Waals surface area contributed by atoms with Crippen LogP contribution >= 0.6 is 11.6 Å². The van der Waals surface area contributed by atoms with Gasteiger partial charge in [-0.2, -0.15) is 0 Å². The van der Waals surface area contributed by atoms with E-state index in [0.717, 1.165) is 11.1 Å². The normalized spacial score (nSPS) is 10.6. The zero-order chi connectivity index (χ0) is 15.2. The minimum atomic E-state index is -0.223. The van der Waals surface area contributed by atoms with E-state index < -0.39 is 0 Å². The third-order valence-corrected chi connectivity index (χ3v) is 3.12. The number of carbonyl (C=O) groups is 1. The quantitative estimate of drug-likeness (QED) is 0.855. The fraction of sp³-hybridized carbons (Fsp3) is 0.118. The molecule has 0 atom stereocenters. The number of benzene rings is 2. The van der Waals surface area contributed by atoms with Crippen LogP contribution in [0.1, 0.15) is 11.1 Å². The van der Waals surface area contributed by atoms with Gasteiger partial charge in [0.15, 0.2) is 0 Å². The van der Waals surface area contributed by atoms with Crippen LogP contribution < -0.4 is 10.1 Å². The highest BCUT2D eigenvalue weighted by Crippen LogP contribution is 2.25. The lowest BCUT2D eigenvalue weighted by Crippen LogP contribution is -2.09. The van der Waals surface area contributed by atoms with Gasteiger partial charge < -0.3 is 10.1 Å². The second-order valence-corrected chi connectivity index (χ2v) is 5.02. The van der Waals surface area contributed by atoms with Gasteiger partial charge in [0, 0.05) is 11.1 Å². The van der Waals surface area contributed by atoms with Gasteiger partial charge in [-0.15, -0.1) is 0 Å². The minimum absolute atomic E-state index is 0.223. The minimum Gasteiger partial charge on any atom is -0.495 e. The van der Waals surface area contributed by atoms with E-state index in [1.54, 1.807) is 25.3 Å². The van der Waals surface area contributed by atoms with Crippen molar-refractivity contribution in [1.82, 2.24) is 0 Å². The highest BCUT2D eigenvalue weighted by Gasteiger charge is 2.05. The Morgan fingerprint density at radius 2 is 2.05 bits per heavy atom. The van der Waals surface area contributed by atoms with E-state index in [2.05, 4.69) is 5.32 Å². The maximum Gasteiger partial charge on any atom is 0.248 e. The molecule has 4 heteroatoms. The predicted octanol–water partition coefficient (Wildman–Crippen LogP) is 4.31. The van der Waals surface area contributed by atoms with E-state index in [0.29, 0.717) is 16.5 Å². The molecule has 0 aliphatic carbocycles. The molecule has 0 heterocycles. The SMILES string of the molecule is COc1ccc(C)cc1NC(=O)/C=C\c1cccc(Cl)c1. The number of carbonyl (C=O) groups excluding carboxylic acids is 1. The Bertz CT molecular complexity index is 680. The summed E-state index contributed by atoms with van der Waals surface area (Å²) in [4.78, 5) is 12.0. The molecule has 2 rings (SSSR count). The lowest BCUT2D eigenvalue weighted by Gasteiger charge is -2.09. The lowest BCUT2D eigenvalue weighted by molar-refractivity contribution is -0.111. The summed E-state index contributed by atoms with van der Waals surface area (Å²) < 4.78 is 5.22. The molecule has 0 radical (unpaired) electrons. The van der Waals surface area contributed by atoms with Gasteiger partial charge in [0.1, 0.15) is 5.75 Å². The molecule has 0 saturated heterocycles. The van der Waals surface area contributed by atoms with E-state index >= 15 is 0 Å². The van der Waals surface area contributed by atoms with Crippen molar-refractivity contribution in [3.8, 4) is 5.75 Å². The van der Waals surface area contributed by atoms with Crippen molar-refractivity contribution in [2.45, 2.75) is 6.92 Å². The van der Waals surface area contributed by atoms with Crippen molar-refractivity contribution in [2.75, 3.05) is 12.4 Å². The van der Waals surface area contributed by atoms with Crippen molar-refractivity contribution in [1.29, 1.82) is 0 Å². The molecule has 0 saturated carbocycles. The number of nitrogens with one attached hydrogen (secondary N) is 1. The summed E-state index contributed by atoms with van der Waals surface area (Å²) >= 11 is 5.90. The molecule has 2 aromatic carbocycles. The summed E-state index contributed by atoms with van der Waals surface area (Å²) in [6.45, 7) is 1.96. The molecule has 0 spiro atoms. The zero-order valence-electron chi connectivity index (χ0n) is 11.9. The summed E-state index contributed by atoms with van der Waals surface area (Å²) in [5.74, 6) is 0.406. The van der Waals surface area contributed by atoms with E-state index in [-0.39, 0.29) is 5.91 Å². The van der Waals surface area contributed by atoms with Crippen LogP contribution in [0, 0.1) is 6.92 Å². The van der Waals surface area contributed by atoms with Crippen LogP contribution in [-0.4, -0.2) is 13.0 Å². The van der Waals surface area contributed by atoms with Crippen molar-refractivity contribution in [3.63, 3.8) is 0 Å². The first-order valence-electron chi connectivity index (χ1n) is 6.48. The van der Waals surface area contributed by atoms with Crippen LogP contribution in [0.15, 0.2) is 48.5 Å². The second kappa shape index (κ2) is 6.95. The summed E-state index contributed by atoms with van der Waals surface area (Å²) in [5, 5.41) is 3.44. The summed E-state index contributed by atoms with van der Waals surface area (Å²) in [6, 6.07) is 12.9. The molecule has 1 N–H and O–H groups in total. The third-order valence-electron chi connectivity index (χ3n) is 2.89. The van der Waals surface area contributed by atoms with E-state index in [4.69, 9.17) is 16.3 Å². The Kier molecular flexibility index (Phi) is 5.01. The van der Waals surface area contributed by atoms with E-state index in [9.17, 15) is 4.79 Å². The predicted molar refractivity (Wildman–Crippen MR) is 86.8 cm³/mol. The molecule has 2 aromatic rings. The molecule has 108 valence electrons. The summed E-state index contributed by atoms with van der Waals surface area (Å²) in [5.41, 5.74) is 2.57. The van der Waals surface area contributed by atoms with Crippen LogP contribution in [0.25, 0.3) is 6.08 Å². The topological polar surface area (TPSA) is 38.3 Å². The number of anilines is 1. The molecule has 0 aliphatic heterocycles. The van der Waals surface area contributed by atoms with Gasteiger partial charge in [0.05, 0.1) is 12.8 Å². The van der Waals surface area contributed by atoms with Crippen LogP contribution in [0.4, 0.5) is 5.69 Å². The highest BCUT2D eigenvalue weighted by molar-refractivity contribution is 6.30. The second-order valence-electron chi connectivity index (χ2n) is 4.58. The maximum absolute atomic E-state index is 12.0. The van der Waals surface area contributed by atoms with Gasteiger partial charge in [-0.1, -0.05) is 29.8 Å². The number of methoxy groups -OCH3 is 1. The smallest absolute Gasteiger partial charge is 0.248 e. The molecular weight excluding hydrogens is 286 g/mol. The van der Waals surface area contributed by atoms with Gasteiger partial charge >= 0.3 is 0 Å². The molecule has 21 heavy (non-hydrogen) atoms. The number of aryl methyl sites for hydroxylation is 1. The van der Waals surface area contributed by atoms with Gasteiger partial charge in [-0.25, -0.2) is 0 Å². The molecule has 0 aliphatic rings. The molecule has 0 fully saturated rings. The van der Waals surface area contributed by atoms with E-state index in [1.807, 2.05) is 37.3 Å². The molecule has 1 amide bonds. The van der Waals surface area contributed by atoms with Crippen LogP contribution in [-0.2, 0) is 4.79 Å². The highest BCUT2D eigenvalue weighted by atomic mass is 35.5. The molecule has 3 nitrogen and oxygen atoms in total. The van der Waals surface area contributed by atoms with Crippen LogP contribution in [0.3, 0.4) is 0 Å². The summed E-state index contributed by atoms with van der Waals surface area (Å²) in [6.07, 6.45) is 3.18. The van der Waals surface area contributed by atoms with Crippen molar-refractivity contribution in [3.05, 3.63) is 64.7 Å². The first-order chi connectivity index (χ1) is 10.1. The van der Waals surface area contributed by atoms with Crippen LogP contribution in [0.5, 0.6) is 5.75 Å². The molecule has 0 unspecified atom stereocenters. The number of ether oxygens (including phenoxy) is 1. The Morgan fingerprint density at radius 1 is 1.24 bits per heavy atom. The van der Waals surface area contributed by atoms with Gasteiger partial charge in [-0.05, 0) is 48.4 Å². The van der Waals surface area contributed by atoms with Gasteiger partial charge in [0.2, 0.25) is 5.91 Å². The Hall–Kier alpha value is -2.26. The number of halogens is 1. The molecule has 0 aromatic heterocycles. The average molecular weight is 302 g/mol. The number of amides is 1. The van der Waals surface area contributed by atoms with Gasteiger partial charge in [-0.3, -0.25) is 4.79 Å². The Labute approximate surface area is 129 Å². The van der Waals surface area contributed by atoms with Crippen molar-refractivity contribution >= 4 is 29.3 Å². The maximum atomic E-state index is 12.0. The Morgan fingerprint density at radius 3 is 2.76 bits per heavy atom. The monoisotopic (exact) mass is 301 g/mol. The summed E-state index contributed by atoms with van der Waals surface area (Å²) in [7, 11) is 1.57. The van der Waals surface area contributed by atoms with Crippen molar-refractivity contribution < 1.29 is 9.53 Å². The first kappa shape index (κ1) is 15.1. The average Bonchev–Trinajstić information content (AvgIpc) is 2.45. The number of hydrogen-bond donors (Lipinski definition) is 1. The van der Waals surface area contributed by atoms with E-state index in [1.165, 1.54) is 6.08 Å². The lowest BCUT2D eigenvalue weighted by atomic mass is 10.2. The van der Waals surface area contributed by atoms with Gasteiger partial charge in [0.25, 0.3) is 0 Å². The van der Waals surface area contributed by atoms with Crippen LogP contribution in [0.2, 0.25) is 5.02 Å². The standard InChI is InChI=1S/C17H16ClNO2/c1-12-6-8-16(21-2)15(10-12)19-17(20)9-7-13-4-3-5-14(18)11-13/h3-11H,1-2H3,(H,19,20)/b9-7-. The first-order valence-corrected chi connectivity index (χ1v) is 6.85.